The highest BCUT2D eigenvalue weighted by Gasteiger charge is 2.16. The summed E-state index contributed by atoms with van der Waals surface area (Å²) in [5.74, 6) is 0. The minimum atomic E-state index is -0.414. The molecule has 0 bridgehead atoms. The molecule has 0 spiro atoms. The van der Waals surface area contributed by atoms with E-state index in [9.17, 15) is 5.11 Å². The first-order valence-corrected chi connectivity index (χ1v) is 7.31. The van der Waals surface area contributed by atoms with Gasteiger partial charge < -0.3 is 10.8 Å². The van der Waals surface area contributed by atoms with Crippen molar-refractivity contribution in [3.63, 3.8) is 0 Å². The van der Waals surface area contributed by atoms with Crippen molar-refractivity contribution in [2.75, 3.05) is 0 Å². The third kappa shape index (κ3) is 4.63. The SMILES string of the molecule is CCc1ccc(C(C)(C)C)cc1CCC(O)C(C)N. The minimum Gasteiger partial charge on any atom is -0.392 e. The van der Waals surface area contributed by atoms with E-state index in [0.717, 1.165) is 19.3 Å². The molecule has 2 heteroatoms. The predicted octanol–water partition coefficient (Wildman–Crippen LogP) is 3.19. The van der Waals surface area contributed by atoms with Gasteiger partial charge in [0.2, 0.25) is 0 Å². The van der Waals surface area contributed by atoms with Crippen LogP contribution in [0.1, 0.15) is 57.7 Å². The minimum absolute atomic E-state index is 0.157. The van der Waals surface area contributed by atoms with Crippen molar-refractivity contribution in [3.8, 4) is 0 Å². The molecule has 2 unspecified atom stereocenters. The maximum atomic E-state index is 9.86. The van der Waals surface area contributed by atoms with Crippen LogP contribution in [0.15, 0.2) is 18.2 Å². The van der Waals surface area contributed by atoms with Crippen LogP contribution in [0, 0.1) is 0 Å². The number of aliphatic hydroxyl groups is 1. The van der Waals surface area contributed by atoms with Crippen LogP contribution in [-0.2, 0) is 18.3 Å². The van der Waals surface area contributed by atoms with Crippen molar-refractivity contribution >= 4 is 0 Å². The predicted molar refractivity (Wildman–Crippen MR) is 82.5 cm³/mol. The average Bonchev–Trinajstić information content (AvgIpc) is 2.34. The molecule has 0 radical (unpaired) electrons. The summed E-state index contributed by atoms with van der Waals surface area (Å²) in [5, 5.41) is 9.86. The molecule has 2 nitrogen and oxygen atoms in total. The van der Waals surface area contributed by atoms with Crippen molar-refractivity contribution in [3.05, 3.63) is 34.9 Å². The van der Waals surface area contributed by atoms with Crippen LogP contribution in [0.4, 0.5) is 0 Å². The molecule has 0 saturated carbocycles. The molecule has 0 aliphatic heterocycles. The molecule has 0 aliphatic carbocycles. The Bertz CT molecular complexity index is 404. The topological polar surface area (TPSA) is 46.2 Å². The summed E-state index contributed by atoms with van der Waals surface area (Å²) in [5.41, 5.74) is 9.98. The Hall–Kier alpha value is -0.860. The Morgan fingerprint density at radius 1 is 1.21 bits per heavy atom. The highest BCUT2D eigenvalue weighted by molar-refractivity contribution is 5.35. The lowest BCUT2D eigenvalue weighted by atomic mass is 9.84. The second-order valence-corrected chi connectivity index (χ2v) is 6.55. The number of aliphatic hydroxyl groups excluding tert-OH is 1. The normalized spacial score (nSPS) is 15.3. The van der Waals surface area contributed by atoms with Gasteiger partial charge in [0.25, 0.3) is 0 Å². The maximum absolute atomic E-state index is 9.86. The van der Waals surface area contributed by atoms with Gasteiger partial charge in [-0.2, -0.15) is 0 Å². The molecule has 19 heavy (non-hydrogen) atoms. The van der Waals surface area contributed by atoms with Crippen molar-refractivity contribution in [2.24, 2.45) is 5.73 Å². The maximum Gasteiger partial charge on any atom is 0.0691 e. The van der Waals surface area contributed by atoms with Gasteiger partial charge >= 0.3 is 0 Å². The highest BCUT2D eigenvalue weighted by Crippen LogP contribution is 2.25. The van der Waals surface area contributed by atoms with Crippen LogP contribution < -0.4 is 5.73 Å². The van der Waals surface area contributed by atoms with Crippen molar-refractivity contribution in [1.82, 2.24) is 0 Å². The number of benzene rings is 1. The molecule has 2 atom stereocenters. The first kappa shape index (κ1) is 16.2. The third-order valence-electron chi connectivity index (χ3n) is 3.77. The van der Waals surface area contributed by atoms with E-state index in [2.05, 4.69) is 45.9 Å². The molecule has 0 aliphatic rings. The van der Waals surface area contributed by atoms with Gasteiger partial charge in [0.15, 0.2) is 0 Å². The summed E-state index contributed by atoms with van der Waals surface area (Å²) in [6, 6.07) is 6.60. The summed E-state index contributed by atoms with van der Waals surface area (Å²) in [6.07, 6.45) is 2.25. The lowest BCUT2D eigenvalue weighted by molar-refractivity contribution is 0.141. The largest absolute Gasteiger partial charge is 0.392 e. The highest BCUT2D eigenvalue weighted by atomic mass is 16.3. The Morgan fingerprint density at radius 3 is 2.32 bits per heavy atom. The first-order chi connectivity index (χ1) is 8.75. The molecule has 1 aromatic rings. The average molecular weight is 263 g/mol. The quantitative estimate of drug-likeness (QED) is 0.857. The lowest BCUT2D eigenvalue weighted by Gasteiger charge is -2.22. The van der Waals surface area contributed by atoms with E-state index >= 15 is 0 Å². The summed E-state index contributed by atoms with van der Waals surface area (Å²) >= 11 is 0. The Kier molecular flexibility index (Phi) is 5.57. The zero-order valence-corrected chi connectivity index (χ0v) is 13.0. The molecule has 3 N–H and O–H groups in total. The number of rotatable bonds is 5. The van der Waals surface area contributed by atoms with Gasteiger partial charge in [0, 0.05) is 6.04 Å². The van der Waals surface area contributed by atoms with Crippen LogP contribution in [0.3, 0.4) is 0 Å². The second-order valence-electron chi connectivity index (χ2n) is 6.55. The monoisotopic (exact) mass is 263 g/mol. The summed E-state index contributed by atoms with van der Waals surface area (Å²) in [6.45, 7) is 10.7. The number of aryl methyl sites for hydroxylation is 2. The molecule has 0 fully saturated rings. The van der Waals surface area contributed by atoms with Crippen molar-refractivity contribution in [1.29, 1.82) is 0 Å². The molecule has 108 valence electrons. The van der Waals surface area contributed by atoms with Crippen LogP contribution in [0.2, 0.25) is 0 Å². The van der Waals surface area contributed by atoms with Gasteiger partial charge in [-0.1, -0.05) is 45.9 Å². The summed E-state index contributed by atoms with van der Waals surface area (Å²) in [7, 11) is 0. The fraction of sp³-hybridized carbons (Fsp3) is 0.647. The van der Waals surface area contributed by atoms with E-state index in [1.165, 1.54) is 16.7 Å². The van der Waals surface area contributed by atoms with E-state index in [1.54, 1.807) is 0 Å². The van der Waals surface area contributed by atoms with E-state index in [0.29, 0.717) is 0 Å². The standard InChI is InChI=1S/C17H29NO/c1-6-13-7-9-15(17(3,4)5)11-14(13)8-10-16(19)12(2)18/h7,9,11-12,16,19H,6,8,10,18H2,1-5H3. The Labute approximate surface area is 118 Å². The second kappa shape index (κ2) is 6.53. The zero-order chi connectivity index (χ0) is 14.6. The third-order valence-corrected chi connectivity index (χ3v) is 3.77. The van der Waals surface area contributed by atoms with Crippen LogP contribution >= 0.6 is 0 Å². The molecule has 0 amide bonds. The van der Waals surface area contributed by atoms with Crippen molar-refractivity contribution in [2.45, 2.75) is 71.4 Å². The number of hydrogen-bond donors (Lipinski definition) is 2. The number of hydrogen-bond acceptors (Lipinski definition) is 2. The van der Waals surface area contributed by atoms with Crippen LogP contribution in [-0.4, -0.2) is 17.3 Å². The molecule has 0 aromatic heterocycles. The smallest absolute Gasteiger partial charge is 0.0691 e. The van der Waals surface area contributed by atoms with Crippen LogP contribution in [0.5, 0.6) is 0 Å². The molecule has 0 saturated heterocycles. The molecule has 0 heterocycles. The lowest BCUT2D eigenvalue weighted by Crippen LogP contribution is -2.31. The van der Waals surface area contributed by atoms with Gasteiger partial charge in [-0.05, 0) is 48.3 Å². The van der Waals surface area contributed by atoms with Gasteiger partial charge in [0.1, 0.15) is 0 Å². The Morgan fingerprint density at radius 2 is 1.84 bits per heavy atom. The molecule has 1 aromatic carbocycles. The van der Waals surface area contributed by atoms with E-state index in [1.807, 2.05) is 6.92 Å². The van der Waals surface area contributed by atoms with Crippen LogP contribution in [0.25, 0.3) is 0 Å². The summed E-state index contributed by atoms with van der Waals surface area (Å²) < 4.78 is 0. The van der Waals surface area contributed by atoms with Gasteiger partial charge in [-0.25, -0.2) is 0 Å². The van der Waals surface area contributed by atoms with E-state index < -0.39 is 6.10 Å². The Balaban J connectivity index is 2.91. The summed E-state index contributed by atoms with van der Waals surface area (Å²) in [4.78, 5) is 0. The molecular weight excluding hydrogens is 234 g/mol. The van der Waals surface area contributed by atoms with Gasteiger partial charge in [0.05, 0.1) is 6.10 Å². The first-order valence-electron chi connectivity index (χ1n) is 7.31. The fourth-order valence-electron chi connectivity index (χ4n) is 2.24. The van der Waals surface area contributed by atoms with Crippen molar-refractivity contribution < 1.29 is 5.11 Å². The van der Waals surface area contributed by atoms with Gasteiger partial charge in [-0.15, -0.1) is 0 Å². The fourth-order valence-corrected chi connectivity index (χ4v) is 2.24. The molecule has 1 rings (SSSR count). The van der Waals surface area contributed by atoms with E-state index in [-0.39, 0.29) is 11.5 Å². The molecular formula is C17H29NO. The number of nitrogens with two attached hydrogens (primary N) is 1. The zero-order valence-electron chi connectivity index (χ0n) is 13.0. The van der Waals surface area contributed by atoms with Gasteiger partial charge in [-0.3, -0.25) is 0 Å². The van der Waals surface area contributed by atoms with E-state index in [4.69, 9.17) is 5.73 Å².